The maximum atomic E-state index is 11.1. The number of ether oxygens (including phenoxy) is 1. The monoisotopic (exact) mass is 181 g/mol. The number of carbonyl (C=O) groups is 1. The van der Waals surface area contributed by atoms with Crippen LogP contribution in [0.2, 0.25) is 0 Å². The van der Waals surface area contributed by atoms with E-state index in [-0.39, 0.29) is 11.9 Å². The Hall–Kier alpha value is -1.04. The lowest BCUT2D eigenvalue weighted by Gasteiger charge is -2.23. The van der Waals surface area contributed by atoms with Crippen LogP contribution in [0.15, 0.2) is 0 Å². The van der Waals surface area contributed by atoms with E-state index in [0.717, 1.165) is 25.7 Å². The molecule has 13 heavy (non-hydrogen) atoms. The molecule has 0 atom stereocenters. The summed E-state index contributed by atoms with van der Waals surface area (Å²) < 4.78 is 4.69. The summed E-state index contributed by atoms with van der Waals surface area (Å²) in [5, 5.41) is 0. The minimum Gasteiger partial charge on any atom is -0.469 e. The number of nitrogens with zero attached hydrogens (tertiary/aromatic N) is 1. The van der Waals surface area contributed by atoms with E-state index in [9.17, 15) is 4.79 Å². The van der Waals surface area contributed by atoms with Gasteiger partial charge in [0, 0.05) is 5.92 Å². The first-order valence-electron chi connectivity index (χ1n) is 4.69. The first kappa shape index (κ1) is 10.0. The topological polar surface area (TPSA) is 30.7 Å². The largest absolute Gasteiger partial charge is 0.469 e. The van der Waals surface area contributed by atoms with Gasteiger partial charge < -0.3 is 9.58 Å². The van der Waals surface area contributed by atoms with E-state index in [2.05, 4.69) is 9.58 Å². The van der Waals surface area contributed by atoms with Gasteiger partial charge in [0.15, 0.2) is 0 Å². The molecule has 0 unspecified atom stereocenters. The van der Waals surface area contributed by atoms with E-state index >= 15 is 0 Å². The average Bonchev–Trinajstić information content (AvgIpc) is 2.18. The highest BCUT2D eigenvalue weighted by Gasteiger charge is 2.27. The van der Waals surface area contributed by atoms with Gasteiger partial charge in [-0.25, -0.2) is 6.57 Å². The molecule has 1 fully saturated rings. The molecule has 0 aromatic carbocycles. The Balaban J connectivity index is 2.31. The fourth-order valence-corrected chi connectivity index (χ4v) is 1.88. The van der Waals surface area contributed by atoms with Gasteiger partial charge in [0.2, 0.25) is 6.54 Å². The summed E-state index contributed by atoms with van der Waals surface area (Å²) in [6, 6.07) is 0. The molecule has 0 spiro atoms. The zero-order valence-corrected chi connectivity index (χ0v) is 7.95. The second-order valence-electron chi connectivity index (χ2n) is 3.58. The smallest absolute Gasteiger partial charge is 0.308 e. The van der Waals surface area contributed by atoms with Gasteiger partial charge in [0.1, 0.15) is 0 Å². The molecule has 0 aromatic rings. The fraction of sp³-hybridized carbons (Fsp3) is 0.800. The Bertz CT molecular complexity index is 211. The van der Waals surface area contributed by atoms with E-state index in [0.29, 0.717) is 12.5 Å². The number of hydrogen-bond acceptors (Lipinski definition) is 2. The summed E-state index contributed by atoms with van der Waals surface area (Å²) in [7, 11) is 1.44. The lowest BCUT2D eigenvalue weighted by molar-refractivity contribution is -0.146. The predicted molar refractivity (Wildman–Crippen MR) is 48.9 cm³/mol. The number of hydrogen-bond donors (Lipinski definition) is 0. The van der Waals surface area contributed by atoms with Gasteiger partial charge >= 0.3 is 5.97 Å². The molecule has 0 N–H and O–H groups in total. The zero-order chi connectivity index (χ0) is 9.68. The average molecular weight is 181 g/mol. The van der Waals surface area contributed by atoms with Crippen molar-refractivity contribution < 1.29 is 9.53 Å². The van der Waals surface area contributed by atoms with Crippen LogP contribution < -0.4 is 0 Å². The summed E-state index contributed by atoms with van der Waals surface area (Å²) in [5.41, 5.74) is 0. The van der Waals surface area contributed by atoms with Crippen LogP contribution in [0.1, 0.15) is 25.7 Å². The molecule has 0 bridgehead atoms. The Labute approximate surface area is 78.9 Å². The number of esters is 1. The van der Waals surface area contributed by atoms with Gasteiger partial charge in [-0.1, -0.05) is 0 Å². The second-order valence-corrected chi connectivity index (χ2v) is 3.58. The van der Waals surface area contributed by atoms with Gasteiger partial charge in [0.05, 0.1) is 13.0 Å². The van der Waals surface area contributed by atoms with Gasteiger partial charge in [-0.05, 0) is 25.7 Å². The molecular weight excluding hydrogens is 166 g/mol. The Morgan fingerprint density at radius 3 is 2.54 bits per heavy atom. The van der Waals surface area contributed by atoms with Crippen LogP contribution in [0.5, 0.6) is 0 Å². The lowest BCUT2D eigenvalue weighted by atomic mass is 9.82. The Kier molecular flexibility index (Phi) is 3.75. The van der Waals surface area contributed by atoms with Crippen LogP contribution in [0, 0.1) is 18.4 Å². The molecular formula is C10H15NO2. The van der Waals surface area contributed by atoms with Crippen molar-refractivity contribution in [1.29, 1.82) is 0 Å². The summed E-state index contributed by atoms with van der Waals surface area (Å²) in [4.78, 5) is 14.5. The van der Waals surface area contributed by atoms with Gasteiger partial charge in [0.25, 0.3) is 0 Å². The van der Waals surface area contributed by atoms with Crippen LogP contribution in [-0.4, -0.2) is 19.6 Å². The molecule has 3 nitrogen and oxygen atoms in total. The first-order chi connectivity index (χ1) is 6.27. The summed E-state index contributed by atoms with van der Waals surface area (Å²) >= 11 is 0. The molecule has 0 amide bonds. The molecule has 1 aliphatic rings. The lowest BCUT2D eigenvalue weighted by Crippen LogP contribution is -2.23. The minimum absolute atomic E-state index is 0.0822. The Morgan fingerprint density at radius 2 is 2.08 bits per heavy atom. The van der Waals surface area contributed by atoms with Crippen LogP contribution in [0.4, 0.5) is 0 Å². The van der Waals surface area contributed by atoms with E-state index in [1.54, 1.807) is 0 Å². The molecule has 0 aromatic heterocycles. The third kappa shape index (κ3) is 2.73. The van der Waals surface area contributed by atoms with Gasteiger partial charge in [-0.15, -0.1) is 0 Å². The number of methoxy groups -OCH3 is 1. The molecule has 0 saturated heterocycles. The summed E-state index contributed by atoms with van der Waals surface area (Å²) in [5.74, 6) is 0.520. The number of carbonyl (C=O) groups excluding carboxylic acids is 1. The van der Waals surface area contributed by atoms with Crippen molar-refractivity contribution in [3.8, 4) is 0 Å². The maximum absolute atomic E-state index is 11.1. The van der Waals surface area contributed by atoms with E-state index in [4.69, 9.17) is 6.57 Å². The SMILES string of the molecule is [C-]#[N+]CC1CCC(C(=O)OC)CC1. The zero-order valence-electron chi connectivity index (χ0n) is 7.95. The molecule has 0 aliphatic heterocycles. The molecule has 1 saturated carbocycles. The molecule has 72 valence electrons. The number of rotatable bonds is 2. The van der Waals surface area contributed by atoms with Crippen LogP contribution in [-0.2, 0) is 9.53 Å². The van der Waals surface area contributed by atoms with Gasteiger partial charge in [-0.3, -0.25) is 4.79 Å². The van der Waals surface area contributed by atoms with E-state index in [1.165, 1.54) is 7.11 Å². The van der Waals surface area contributed by atoms with Gasteiger partial charge in [-0.2, -0.15) is 0 Å². The normalized spacial score (nSPS) is 27.7. The molecule has 1 rings (SSSR count). The minimum atomic E-state index is -0.0822. The maximum Gasteiger partial charge on any atom is 0.308 e. The molecule has 1 aliphatic carbocycles. The van der Waals surface area contributed by atoms with Crippen molar-refractivity contribution in [3.05, 3.63) is 11.4 Å². The van der Waals surface area contributed by atoms with Crippen molar-refractivity contribution >= 4 is 5.97 Å². The highest BCUT2D eigenvalue weighted by molar-refractivity contribution is 5.72. The fourth-order valence-electron chi connectivity index (χ4n) is 1.88. The third-order valence-corrected chi connectivity index (χ3v) is 2.73. The van der Waals surface area contributed by atoms with Crippen molar-refractivity contribution in [2.75, 3.05) is 13.7 Å². The van der Waals surface area contributed by atoms with Crippen molar-refractivity contribution in [2.24, 2.45) is 11.8 Å². The second kappa shape index (κ2) is 4.86. The summed E-state index contributed by atoms with van der Waals surface area (Å²) in [6.45, 7) is 7.36. The first-order valence-corrected chi connectivity index (χ1v) is 4.69. The summed E-state index contributed by atoms with van der Waals surface area (Å²) in [6.07, 6.45) is 3.80. The Morgan fingerprint density at radius 1 is 1.46 bits per heavy atom. The van der Waals surface area contributed by atoms with E-state index < -0.39 is 0 Å². The van der Waals surface area contributed by atoms with Crippen LogP contribution in [0.25, 0.3) is 4.85 Å². The van der Waals surface area contributed by atoms with Crippen LogP contribution in [0.3, 0.4) is 0 Å². The third-order valence-electron chi connectivity index (χ3n) is 2.73. The standard InChI is InChI=1S/C10H15NO2/c1-11-7-8-3-5-9(6-4-8)10(12)13-2/h8-9H,3-7H2,2H3. The molecule has 0 heterocycles. The predicted octanol–water partition coefficient (Wildman–Crippen LogP) is 1.89. The molecule has 3 heteroatoms. The quantitative estimate of drug-likeness (QED) is 0.481. The van der Waals surface area contributed by atoms with E-state index in [1.807, 2.05) is 0 Å². The van der Waals surface area contributed by atoms with Crippen molar-refractivity contribution in [2.45, 2.75) is 25.7 Å². The van der Waals surface area contributed by atoms with Crippen molar-refractivity contribution in [1.82, 2.24) is 0 Å². The molecule has 0 radical (unpaired) electrons. The van der Waals surface area contributed by atoms with Crippen molar-refractivity contribution in [3.63, 3.8) is 0 Å². The highest BCUT2D eigenvalue weighted by atomic mass is 16.5. The van der Waals surface area contributed by atoms with Crippen LogP contribution >= 0.6 is 0 Å². The highest BCUT2D eigenvalue weighted by Crippen LogP contribution is 2.29.